The van der Waals surface area contributed by atoms with E-state index in [0.717, 1.165) is 0 Å². The lowest BCUT2D eigenvalue weighted by Crippen LogP contribution is -2.27. The average molecular weight is 268 g/mol. The van der Waals surface area contributed by atoms with Gasteiger partial charge in [-0.1, -0.05) is 6.58 Å². The van der Waals surface area contributed by atoms with Crippen molar-refractivity contribution in [3.05, 3.63) is 30.9 Å². The van der Waals surface area contributed by atoms with Crippen LogP contribution in [0.25, 0.3) is 0 Å². The van der Waals surface area contributed by atoms with Crippen molar-refractivity contribution in [2.24, 2.45) is 0 Å². The summed E-state index contributed by atoms with van der Waals surface area (Å²) in [5.41, 5.74) is 0.354. The minimum Gasteiger partial charge on any atom is -0.460 e. The Morgan fingerprint density at radius 3 is 2.84 bits per heavy atom. The van der Waals surface area contributed by atoms with Crippen LogP contribution in [0.3, 0.4) is 0 Å². The second kappa shape index (κ2) is 7.70. The molecule has 1 N–H and O–H groups in total. The Balaban J connectivity index is 2.17. The highest BCUT2D eigenvalue weighted by Gasteiger charge is 2.11. The Morgan fingerprint density at radius 1 is 1.53 bits per heavy atom. The van der Waals surface area contributed by atoms with Gasteiger partial charge in [0.05, 0.1) is 31.7 Å². The SMILES string of the molecule is C=C(C)C(=O)OCC(C)OCC(O)Cn1ccnc1. The minimum absolute atomic E-state index is 0.142. The highest BCUT2D eigenvalue weighted by atomic mass is 16.6. The molecule has 0 radical (unpaired) electrons. The number of ether oxygens (including phenoxy) is 2. The second-order valence-electron chi connectivity index (χ2n) is 4.44. The van der Waals surface area contributed by atoms with Crippen molar-refractivity contribution in [3.8, 4) is 0 Å². The molecule has 0 aromatic carbocycles. The highest BCUT2D eigenvalue weighted by Crippen LogP contribution is 2.00. The third-order valence-corrected chi connectivity index (χ3v) is 2.35. The van der Waals surface area contributed by atoms with Crippen LogP contribution in [0.15, 0.2) is 30.9 Å². The zero-order valence-electron chi connectivity index (χ0n) is 11.3. The van der Waals surface area contributed by atoms with Gasteiger partial charge in [0, 0.05) is 18.0 Å². The van der Waals surface area contributed by atoms with Crippen LogP contribution in [0.1, 0.15) is 13.8 Å². The number of esters is 1. The van der Waals surface area contributed by atoms with Crippen LogP contribution >= 0.6 is 0 Å². The molecule has 0 aliphatic rings. The molecule has 2 unspecified atom stereocenters. The normalized spacial score (nSPS) is 13.8. The summed E-state index contributed by atoms with van der Waals surface area (Å²) in [6.07, 6.45) is 4.13. The zero-order valence-corrected chi connectivity index (χ0v) is 11.3. The smallest absolute Gasteiger partial charge is 0.333 e. The molecule has 19 heavy (non-hydrogen) atoms. The fourth-order valence-corrected chi connectivity index (χ4v) is 1.33. The lowest BCUT2D eigenvalue weighted by Gasteiger charge is -2.16. The van der Waals surface area contributed by atoms with E-state index >= 15 is 0 Å². The molecule has 0 saturated carbocycles. The molecule has 0 aliphatic carbocycles. The van der Waals surface area contributed by atoms with Crippen LogP contribution < -0.4 is 0 Å². The summed E-state index contributed by atoms with van der Waals surface area (Å²) in [4.78, 5) is 15.0. The zero-order chi connectivity index (χ0) is 14.3. The van der Waals surface area contributed by atoms with E-state index in [4.69, 9.17) is 9.47 Å². The number of nitrogens with zero attached hydrogens (tertiary/aromatic N) is 2. The minimum atomic E-state index is -0.631. The Morgan fingerprint density at radius 2 is 2.26 bits per heavy atom. The van der Waals surface area contributed by atoms with Crippen molar-refractivity contribution in [1.82, 2.24) is 9.55 Å². The monoisotopic (exact) mass is 268 g/mol. The number of aromatic nitrogens is 2. The highest BCUT2D eigenvalue weighted by molar-refractivity contribution is 5.86. The van der Waals surface area contributed by atoms with E-state index in [0.29, 0.717) is 12.1 Å². The maximum atomic E-state index is 11.2. The average Bonchev–Trinajstić information content (AvgIpc) is 2.85. The van der Waals surface area contributed by atoms with Gasteiger partial charge >= 0.3 is 5.97 Å². The number of carbonyl (C=O) groups is 1. The summed E-state index contributed by atoms with van der Waals surface area (Å²) in [6, 6.07) is 0. The van der Waals surface area contributed by atoms with E-state index in [9.17, 15) is 9.90 Å². The third-order valence-electron chi connectivity index (χ3n) is 2.35. The summed E-state index contributed by atoms with van der Waals surface area (Å²) in [6.45, 7) is 7.57. The standard InChI is InChI=1S/C13H20N2O4/c1-10(2)13(17)19-7-11(3)18-8-12(16)6-15-5-4-14-9-15/h4-5,9,11-12,16H,1,6-8H2,2-3H3. The van der Waals surface area contributed by atoms with Gasteiger partial charge in [0.25, 0.3) is 0 Å². The van der Waals surface area contributed by atoms with Gasteiger partial charge in [-0.3, -0.25) is 0 Å². The number of aliphatic hydroxyl groups excluding tert-OH is 1. The van der Waals surface area contributed by atoms with Gasteiger partial charge < -0.3 is 19.1 Å². The topological polar surface area (TPSA) is 73.6 Å². The van der Waals surface area contributed by atoms with Crippen LogP contribution in [0, 0.1) is 0 Å². The van der Waals surface area contributed by atoms with E-state index < -0.39 is 12.1 Å². The van der Waals surface area contributed by atoms with Crippen molar-refractivity contribution in [1.29, 1.82) is 0 Å². The van der Waals surface area contributed by atoms with Gasteiger partial charge in [0.15, 0.2) is 0 Å². The van der Waals surface area contributed by atoms with Crippen LogP contribution in [-0.4, -0.2) is 46.0 Å². The Labute approximate surface area is 112 Å². The first-order chi connectivity index (χ1) is 8.99. The Bertz CT molecular complexity index is 403. The number of hydrogen-bond acceptors (Lipinski definition) is 5. The van der Waals surface area contributed by atoms with Crippen LogP contribution in [-0.2, 0) is 20.8 Å². The maximum Gasteiger partial charge on any atom is 0.333 e. The van der Waals surface area contributed by atoms with Crippen molar-refractivity contribution >= 4 is 5.97 Å². The van der Waals surface area contributed by atoms with Gasteiger partial charge in [-0.05, 0) is 13.8 Å². The van der Waals surface area contributed by atoms with Gasteiger partial charge in [0.2, 0.25) is 0 Å². The quantitative estimate of drug-likeness (QED) is 0.557. The lowest BCUT2D eigenvalue weighted by atomic mass is 10.3. The molecule has 0 aliphatic heterocycles. The molecule has 1 aromatic rings. The summed E-state index contributed by atoms with van der Waals surface area (Å²) in [5.74, 6) is -0.436. The van der Waals surface area contributed by atoms with E-state index in [1.165, 1.54) is 0 Å². The number of aliphatic hydroxyl groups is 1. The molecule has 1 rings (SSSR count). The molecule has 2 atom stereocenters. The molecule has 0 fully saturated rings. The first-order valence-electron chi connectivity index (χ1n) is 6.07. The van der Waals surface area contributed by atoms with E-state index in [2.05, 4.69) is 11.6 Å². The van der Waals surface area contributed by atoms with E-state index in [-0.39, 0.29) is 19.3 Å². The Kier molecular flexibility index (Phi) is 6.24. The predicted octanol–water partition coefficient (Wildman–Crippen LogP) is 0.768. The molecular weight excluding hydrogens is 248 g/mol. The summed E-state index contributed by atoms with van der Waals surface area (Å²) in [5, 5.41) is 9.74. The van der Waals surface area contributed by atoms with Gasteiger partial charge in [-0.2, -0.15) is 0 Å². The van der Waals surface area contributed by atoms with Crippen molar-refractivity contribution in [2.45, 2.75) is 32.6 Å². The Hall–Kier alpha value is -1.66. The van der Waals surface area contributed by atoms with E-state index in [1.54, 1.807) is 37.1 Å². The van der Waals surface area contributed by atoms with Crippen LogP contribution in [0.4, 0.5) is 0 Å². The van der Waals surface area contributed by atoms with Gasteiger partial charge in [-0.25, -0.2) is 9.78 Å². The van der Waals surface area contributed by atoms with Crippen LogP contribution in [0.2, 0.25) is 0 Å². The number of imidazole rings is 1. The largest absolute Gasteiger partial charge is 0.460 e. The van der Waals surface area contributed by atoms with Gasteiger partial charge in [-0.15, -0.1) is 0 Å². The first-order valence-corrected chi connectivity index (χ1v) is 6.07. The number of hydrogen-bond donors (Lipinski definition) is 1. The van der Waals surface area contributed by atoms with E-state index in [1.807, 2.05) is 0 Å². The molecule has 1 aromatic heterocycles. The third kappa shape index (κ3) is 6.17. The predicted molar refractivity (Wildman–Crippen MR) is 69.4 cm³/mol. The fraction of sp³-hybridized carbons (Fsp3) is 0.538. The molecular formula is C13H20N2O4. The second-order valence-corrected chi connectivity index (χ2v) is 4.44. The molecule has 6 heteroatoms. The fourth-order valence-electron chi connectivity index (χ4n) is 1.33. The number of carbonyl (C=O) groups excluding carboxylic acids is 1. The molecule has 6 nitrogen and oxygen atoms in total. The summed E-state index contributed by atoms with van der Waals surface area (Å²) >= 11 is 0. The molecule has 0 bridgehead atoms. The van der Waals surface area contributed by atoms with Crippen molar-refractivity contribution in [3.63, 3.8) is 0 Å². The summed E-state index contributed by atoms with van der Waals surface area (Å²) < 4.78 is 12.1. The van der Waals surface area contributed by atoms with Gasteiger partial charge in [0.1, 0.15) is 6.61 Å². The molecule has 106 valence electrons. The lowest BCUT2D eigenvalue weighted by molar-refractivity contribution is -0.143. The first kappa shape index (κ1) is 15.4. The van der Waals surface area contributed by atoms with Crippen LogP contribution in [0.5, 0.6) is 0 Å². The molecule has 0 spiro atoms. The summed E-state index contributed by atoms with van der Waals surface area (Å²) in [7, 11) is 0. The maximum absolute atomic E-state index is 11.2. The van der Waals surface area contributed by atoms with Crippen molar-refractivity contribution < 1.29 is 19.4 Å². The number of rotatable bonds is 8. The molecule has 1 heterocycles. The molecule has 0 amide bonds. The molecule has 0 saturated heterocycles. The van der Waals surface area contributed by atoms with Crippen molar-refractivity contribution in [2.75, 3.05) is 13.2 Å².